The van der Waals surface area contributed by atoms with Crippen LogP contribution in [0.5, 0.6) is 0 Å². The van der Waals surface area contributed by atoms with Crippen molar-refractivity contribution in [2.24, 2.45) is 0 Å². The summed E-state index contributed by atoms with van der Waals surface area (Å²) < 4.78 is 0. The highest BCUT2D eigenvalue weighted by molar-refractivity contribution is 7.99. The van der Waals surface area contributed by atoms with Crippen molar-refractivity contribution in [3.05, 3.63) is 57.0 Å². The van der Waals surface area contributed by atoms with Crippen LogP contribution < -0.4 is 0 Å². The highest BCUT2D eigenvalue weighted by Gasteiger charge is 2.12. The van der Waals surface area contributed by atoms with E-state index >= 15 is 0 Å². The molecule has 0 fully saturated rings. The van der Waals surface area contributed by atoms with Crippen molar-refractivity contribution in [3.8, 4) is 0 Å². The van der Waals surface area contributed by atoms with Crippen LogP contribution in [0.2, 0.25) is 15.1 Å². The molecule has 0 amide bonds. The molecule has 0 heterocycles. The lowest BCUT2D eigenvalue weighted by Crippen LogP contribution is -1.92. The van der Waals surface area contributed by atoms with Crippen LogP contribution in [0, 0.1) is 0 Å². The van der Waals surface area contributed by atoms with Crippen molar-refractivity contribution >= 4 is 63.4 Å². The third kappa shape index (κ3) is 3.80. The number of hydrogen-bond acceptors (Lipinski definition) is 2. The lowest BCUT2D eigenvalue weighted by Gasteiger charge is -2.08. The summed E-state index contributed by atoms with van der Waals surface area (Å²) in [5.74, 6) is 0. The zero-order valence-corrected chi connectivity index (χ0v) is 13.1. The molecule has 0 aliphatic carbocycles. The molecule has 2 aromatic rings. The number of benzene rings is 2. The summed E-state index contributed by atoms with van der Waals surface area (Å²) in [6.45, 7) is 0. The Morgan fingerprint density at radius 3 is 2.05 bits per heavy atom. The summed E-state index contributed by atoms with van der Waals surface area (Å²) in [5, 5.41) is 0.963. The lowest BCUT2D eigenvalue weighted by molar-refractivity contribution is 0.107. The van der Waals surface area contributed by atoms with E-state index in [2.05, 4.69) is 0 Å². The predicted octanol–water partition coefficient (Wildman–Crippen LogP) is 6.18. The first-order chi connectivity index (χ1) is 8.97. The fraction of sp³-hybridized carbons (Fsp3) is 0. The molecular weight excluding hydrogens is 346 g/mol. The second-order valence-electron chi connectivity index (χ2n) is 3.59. The van der Waals surface area contributed by atoms with Crippen LogP contribution in [0.4, 0.5) is 0 Å². The van der Waals surface area contributed by atoms with Gasteiger partial charge in [0.25, 0.3) is 5.24 Å². The van der Waals surface area contributed by atoms with Crippen LogP contribution in [0.3, 0.4) is 0 Å². The van der Waals surface area contributed by atoms with E-state index in [1.54, 1.807) is 30.3 Å². The number of carbonyl (C=O) groups excluding carboxylic acids is 1. The van der Waals surface area contributed by atoms with Crippen molar-refractivity contribution in [3.63, 3.8) is 0 Å². The molecule has 0 unspecified atom stereocenters. The van der Waals surface area contributed by atoms with Crippen LogP contribution in [0.25, 0.3) is 0 Å². The van der Waals surface area contributed by atoms with Gasteiger partial charge >= 0.3 is 0 Å². The molecule has 19 heavy (non-hydrogen) atoms. The molecule has 0 aromatic heterocycles. The smallest absolute Gasteiger partial charge is 0.253 e. The third-order valence-electron chi connectivity index (χ3n) is 2.27. The summed E-state index contributed by atoms with van der Waals surface area (Å²) >= 11 is 24.7. The average Bonchev–Trinajstić information content (AvgIpc) is 2.34. The first kappa shape index (κ1) is 15.0. The summed E-state index contributed by atoms with van der Waals surface area (Å²) in [6, 6.07) is 10.1. The molecule has 0 atom stereocenters. The summed E-state index contributed by atoms with van der Waals surface area (Å²) in [7, 11) is 0. The average molecular weight is 352 g/mol. The van der Waals surface area contributed by atoms with E-state index in [0.29, 0.717) is 25.5 Å². The molecule has 0 saturated heterocycles. The third-order valence-corrected chi connectivity index (χ3v) is 4.52. The monoisotopic (exact) mass is 350 g/mol. The maximum Gasteiger partial charge on any atom is 0.253 e. The lowest BCUT2D eigenvalue weighted by atomic mass is 10.2. The molecule has 0 bridgehead atoms. The minimum atomic E-state index is -0.560. The van der Waals surface area contributed by atoms with Gasteiger partial charge in [-0.05, 0) is 48.0 Å². The molecule has 0 aliphatic rings. The zero-order valence-electron chi connectivity index (χ0n) is 9.29. The maximum absolute atomic E-state index is 11.4. The van der Waals surface area contributed by atoms with Crippen LogP contribution in [-0.2, 0) is 0 Å². The molecule has 0 saturated carbocycles. The number of halogens is 4. The number of rotatable bonds is 3. The van der Waals surface area contributed by atoms with Gasteiger partial charge in [-0.3, -0.25) is 4.79 Å². The molecular formula is C13H6Cl4OS. The van der Waals surface area contributed by atoms with Crippen LogP contribution in [-0.4, -0.2) is 5.24 Å². The Hall–Kier alpha value is -0.380. The predicted molar refractivity (Wildman–Crippen MR) is 82.2 cm³/mol. The quantitative estimate of drug-likeness (QED) is 0.614. The van der Waals surface area contributed by atoms with Crippen molar-refractivity contribution < 1.29 is 4.79 Å². The first-order valence-electron chi connectivity index (χ1n) is 5.09. The Labute approximate surface area is 134 Å². The van der Waals surface area contributed by atoms with Gasteiger partial charge in [-0.15, -0.1) is 0 Å². The zero-order chi connectivity index (χ0) is 14.0. The van der Waals surface area contributed by atoms with E-state index in [1.165, 1.54) is 17.8 Å². The molecule has 0 radical (unpaired) electrons. The van der Waals surface area contributed by atoms with Gasteiger partial charge in [0, 0.05) is 25.4 Å². The molecule has 6 heteroatoms. The van der Waals surface area contributed by atoms with Gasteiger partial charge in [-0.1, -0.05) is 46.6 Å². The Bertz CT molecular complexity index is 643. The van der Waals surface area contributed by atoms with Crippen molar-refractivity contribution in [2.75, 3.05) is 0 Å². The minimum absolute atomic E-state index is 0.352. The van der Waals surface area contributed by atoms with Crippen LogP contribution >= 0.6 is 58.2 Å². The van der Waals surface area contributed by atoms with Crippen molar-refractivity contribution in [1.82, 2.24) is 0 Å². The topological polar surface area (TPSA) is 17.1 Å². The molecule has 0 N–H and O–H groups in total. The van der Waals surface area contributed by atoms with E-state index in [1.807, 2.05) is 0 Å². The van der Waals surface area contributed by atoms with E-state index < -0.39 is 5.24 Å². The maximum atomic E-state index is 11.4. The summed E-state index contributed by atoms with van der Waals surface area (Å²) in [6.07, 6.45) is 0. The molecule has 98 valence electrons. The largest absolute Gasteiger partial charge is 0.276 e. The van der Waals surface area contributed by atoms with Gasteiger partial charge in [0.15, 0.2) is 0 Å². The molecule has 2 rings (SSSR count). The van der Waals surface area contributed by atoms with E-state index in [0.717, 1.165) is 4.90 Å². The van der Waals surface area contributed by atoms with Gasteiger partial charge in [-0.2, -0.15) is 0 Å². The van der Waals surface area contributed by atoms with Crippen molar-refractivity contribution in [1.29, 1.82) is 0 Å². The van der Waals surface area contributed by atoms with Crippen LogP contribution in [0.15, 0.2) is 46.2 Å². The van der Waals surface area contributed by atoms with Gasteiger partial charge in [0.1, 0.15) is 0 Å². The second kappa shape index (κ2) is 6.38. The first-order valence-corrected chi connectivity index (χ1v) is 7.42. The SMILES string of the molecule is O=C(Cl)c1cc(Cl)ccc1Sc1ccc(Cl)cc1Cl. The molecule has 2 aromatic carbocycles. The minimum Gasteiger partial charge on any atom is -0.276 e. The highest BCUT2D eigenvalue weighted by atomic mass is 35.5. The van der Waals surface area contributed by atoms with Crippen molar-refractivity contribution in [2.45, 2.75) is 9.79 Å². The summed E-state index contributed by atoms with van der Waals surface area (Å²) in [5.41, 5.74) is 0.352. The Morgan fingerprint density at radius 2 is 1.47 bits per heavy atom. The van der Waals surface area contributed by atoms with Gasteiger partial charge in [-0.25, -0.2) is 0 Å². The van der Waals surface area contributed by atoms with Gasteiger partial charge in [0.05, 0.1) is 5.02 Å². The number of hydrogen-bond donors (Lipinski definition) is 0. The second-order valence-corrected chi connectivity index (χ2v) is 6.30. The van der Waals surface area contributed by atoms with E-state index in [9.17, 15) is 4.79 Å². The highest BCUT2D eigenvalue weighted by Crippen LogP contribution is 2.37. The Morgan fingerprint density at radius 1 is 0.895 bits per heavy atom. The van der Waals surface area contributed by atoms with Gasteiger partial charge < -0.3 is 0 Å². The Balaban J connectivity index is 2.40. The Kier molecular flexibility index (Phi) is 5.04. The normalized spacial score (nSPS) is 10.5. The summed E-state index contributed by atoms with van der Waals surface area (Å²) in [4.78, 5) is 12.9. The number of carbonyl (C=O) groups is 1. The fourth-order valence-corrected chi connectivity index (χ4v) is 3.26. The molecule has 0 aliphatic heterocycles. The van der Waals surface area contributed by atoms with Crippen LogP contribution in [0.1, 0.15) is 10.4 Å². The van der Waals surface area contributed by atoms with Gasteiger partial charge in [0.2, 0.25) is 0 Å². The fourth-order valence-electron chi connectivity index (χ4n) is 1.42. The van der Waals surface area contributed by atoms with E-state index in [4.69, 9.17) is 46.4 Å². The molecule has 0 spiro atoms. The molecule has 1 nitrogen and oxygen atoms in total. The standard InChI is InChI=1S/C13H6Cl4OS/c14-7-1-3-11(9(5-7)13(17)18)19-12-4-2-8(15)6-10(12)16/h1-6H. The van der Waals surface area contributed by atoms with E-state index in [-0.39, 0.29) is 0 Å².